The van der Waals surface area contributed by atoms with Gasteiger partial charge in [0.25, 0.3) is 0 Å². The molecule has 0 N–H and O–H groups in total. The third-order valence-corrected chi connectivity index (χ3v) is 3.17. The normalized spacial score (nSPS) is 31.2. The number of esters is 1. The molecule has 0 spiro atoms. The first-order valence-corrected chi connectivity index (χ1v) is 4.97. The summed E-state index contributed by atoms with van der Waals surface area (Å²) in [6.07, 6.45) is 0. The van der Waals surface area contributed by atoms with Crippen molar-refractivity contribution in [3.63, 3.8) is 0 Å². The summed E-state index contributed by atoms with van der Waals surface area (Å²) in [6, 6.07) is 0. The van der Waals surface area contributed by atoms with Gasteiger partial charge in [-0.15, -0.1) is 11.6 Å². The Labute approximate surface area is 84.6 Å². The maximum atomic E-state index is 11.5. The Morgan fingerprint density at radius 3 is 2.00 bits per heavy atom. The Morgan fingerprint density at radius 1 is 1.38 bits per heavy atom. The van der Waals surface area contributed by atoms with Gasteiger partial charge in [-0.05, 0) is 26.2 Å². The first-order valence-electron chi connectivity index (χ1n) is 4.53. The number of ether oxygens (including phenoxy) is 1. The number of carbonyl (C=O) groups excluding carboxylic acids is 1. The van der Waals surface area contributed by atoms with E-state index in [-0.39, 0.29) is 22.7 Å². The molecule has 0 amide bonds. The third-order valence-electron chi connectivity index (χ3n) is 2.36. The van der Waals surface area contributed by atoms with Crippen LogP contribution in [0.2, 0.25) is 0 Å². The summed E-state index contributed by atoms with van der Waals surface area (Å²) < 4.78 is 5.24. The summed E-state index contributed by atoms with van der Waals surface area (Å²) in [5, 5.41) is -0.0673. The average molecular weight is 205 g/mol. The van der Waals surface area contributed by atoms with E-state index in [0.717, 1.165) is 0 Å². The molecule has 0 aromatic carbocycles. The molecule has 1 fully saturated rings. The number of rotatable bonds is 1. The minimum atomic E-state index is -0.410. The van der Waals surface area contributed by atoms with Gasteiger partial charge in [-0.25, -0.2) is 0 Å². The zero-order valence-electron chi connectivity index (χ0n) is 8.85. The van der Waals surface area contributed by atoms with Crippen LogP contribution in [0.25, 0.3) is 0 Å². The number of halogens is 1. The van der Waals surface area contributed by atoms with Gasteiger partial charge < -0.3 is 4.74 Å². The van der Waals surface area contributed by atoms with Gasteiger partial charge in [-0.2, -0.15) is 0 Å². The van der Waals surface area contributed by atoms with Crippen molar-refractivity contribution in [3.8, 4) is 0 Å². The Kier molecular flexibility index (Phi) is 2.40. The lowest BCUT2D eigenvalue weighted by molar-refractivity contribution is -0.157. The number of hydrogen-bond donors (Lipinski definition) is 0. The highest BCUT2D eigenvalue weighted by Gasteiger charge is 2.62. The van der Waals surface area contributed by atoms with Crippen LogP contribution in [0.1, 0.15) is 34.6 Å². The molecule has 0 aromatic rings. The second-order valence-corrected chi connectivity index (χ2v) is 5.70. The predicted molar refractivity (Wildman–Crippen MR) is 52.8 cm³/mol. The lowest BCUT2D eigenvalue weighted by atomic mass is 10.1. The van der Waals surface area contributed by atoms with Gasteiger partial charge >= 0.3 is 5.97 Å². The first kappa shape index (κ1) is 10.8. The fourth-order valence-corrected chi connectivity index (χ4v) is 1.85. The van der Waals surface area contributed by atoms with E-state index in [1.807, 2.05) is 34.6 Å². The zero-order chi connectivity index (χ0) is 10.4. The lowest BCUT2D eigenvalue weighted by Gasteiger charge is -2.19. The molecule has 2 atom stereocenters. The quantitative estimate of drug-likeness (QED) is 0.485. The largest absolute Gasteiger partial charge is 0.460 e. The smallest absolute Gasteiger partial charge is 0.311 e. The van der Waals surface area contributed by atoms with E-state index in [4.69, 9.17) is 16.3 Å². The molecule has 1 aliphatic rings. The van der Waals surface area contributed by atoms with Crippen LogP contribution in [0.5, 0.6) is 0 Å². The van der Waals surface area contributed by atoms with Crippen molar-refractivity contribution in [1.82, 2.24) is 0 Å². The van der Waals surface area contributed by atoms with Crippen molar-refractivity contribution < 1.29 is 9.53 Å². The molecule has 2 nitrogen and oxygen atoms in total. The monoisotopic (exact) mass is 204 g/mol. The van der Waals surface area contributed by atoms with Crippen molar-refractivity contribution >= 4 is 17.6 Å². The van der Waals surface area contributed by atoms with Gasteiger partial charge in [0.2, 0.25) is 0 Å². The molecular weight excluding hydrogens is 188 g/mol. The third kappa shape index (κ3) is 2.16. The van der Waals surface area contributed by atoms with Crippen molar-refractivity contribution in [2.45, 2.75) is 45.6 Å². The fraction of sp³-hybridized carbons (Fsp3) is 0.900. The van der Waals surface area contributed by atoms with Crippen molar-refractivity contribution in [2.75, 3.05) is 0 Å². The van der Waals surface area contributed by atoms with E-state index in [9.17, 15) is 4.79 Å². The van der Waals surface area contributed by atoms with Gasteiger partial charge in [0.05, 0.1) is 11.3 Å². The number of alkyl halides is 1. The fourth-order valence-electron chi connectivity index (χ4n) is 1.36. The van der Waals surface area contributed by atoms with Gasteiger partial charge in [-0.1, -0.05) is 13.8 Å². The van der Waals surface area contributed by atoms with E-state index in [0.29, 0.717) is 0 Å². The minimum Gasteiger partial charge on any atom is -0.460 e. The molecule has 3 heteroatoms. The van der Waals surface area contributed by atoms with E-state index < -0.39 is 5.60 Å². The first-order chi connectivity index (χ1) is 5.66. The molecule has 0 bridgehead atoms. The summed E-state index contributed by atoms with van der Waals surface area (Å²) in [5.74, 6) is -0.300. The van der Waals surface area contributed by atoms with Crippen molar-refractivity contribution in [2.24, 2.45) is 11.3 Å². The molecular formula is C10H17ClO2. The highest BCUT2D eigenvalue weighted by atomic mass is 35.5. The predicted octanol–water partition coefficient (Wildman–Crippen LogP) is 2.59. The topological polar surface area (TPSA) is 26.3 Å². The second kappa shape index (κ2) is 2.88. The molecule has 13 heavy (non-hydrogen) atoms. The van der Waals surface area contributed by atoms with Crippen LogP contribution in [0, 0.1) is 11.3 Å². The highest BCUT2D eigenvalue weighted by molar-refractivity contribution is 6.25. The van der Waals surface area contributed by atoms with E-state index in [2.05, 4.69) is 0 Å². The average Bonchev–Trinajstić information content (AvgIpc) is 2.27. The summed E-state index contributed by atoms with van der Waals surface area (Å²) in [4.78, 5) is 11.5. The van der Waals surface area contributed by atoms with Gasteiger partial charge in [-0.3, -0.25) is 4.79 Å². The maximum Gasteiger partial charge on any atom is 0.311 e. The van der Waals surface area contributed by atoms with Crippen LogP contribution in [0.4, 0.5) is 0 Å². The van der Waals surface area contributed by atoms with Gasteiger partial charge in [0.15, 0.2) is 0 Å². The Hall–Kier alpha value is -0.240. The Bertz CT molecular complexity index is 228. The molecule has 0 aliphatic heterocycles. The maximum absolute atomic E-state index is 11.5. The minimum absolute atomic E-state index is 0.0673. The summed E-state index contributed by atoms with van der Waals surface area (Å²) >= 11 is 5.97. The summed E-state index contributed by atoms with van der Waals surface area (Å²) in [7, 11) is 0. The van der Waals surface area contributed by atoms with Gasteiger partial charge in [0.1, 0.15) is 5.60 Å². The Balaban J connectivity index is 2.54. The van der Waals surface area contributed by atoms with Crippen molar-refractivity contribution in [3.05, 3.63) is 0 Å². The van der Waals surface area contributed by atoms with E-state index >= 15 is 0 Å². The van der Waals surface area contributed by atoms with Crippen LogP contribution in [-0.4, -0.2) is 16.9 Å². The molecule has 0 unspecified atom stereocenters. The molecule has 76 valence electrons. The SMILES string of the molecule is CC(C)(C)OC(=O)[C@@H]1[C@@H](Cl)C1(C)C. The van der Waals surface area contributed by atoms with Crippen LogP contribution in [0.15, 0.2) is 0 Å². The molecule has 1 saturated carbocycles. The van der Waals surface area contributed by atoms with Crippen molar-refractivity contribution in [1.29, 1.82) is 0 Å². The molecule has 0 heterocycles. The molecule has 0 saturated heterocycles. The van der Waals surface area contributed by atoms with E-state index in [1.54, 1.807) is 0 Å². The zero-order valence-corrected chi connectivity index (χ0v) is 9.61. The second-order valence-electron chi connectivity index (χ2n) is 5.23. The summed E-state index contributed by atoms with van der Waals surface area (Å²) in [5.41, 5.74) is -0.504. The van der Waals surface area contributed by atoms with Crippen LogP contribution in [-0.2, 0) is 9.53 Å². The number of carbonyl (C=O) groups is 1. The van der Waals surface area contributed by atoms with E-state index in [1.165, 1.54) is 0 Å². The Morgan fingerprint density at radius 2 is 1.77 bits per heavy atom. The van der Waals surface area contributed by atoms with Gasteiger partial charge in [0, 0.05) is 0 Å². The molecule has 1 aliphatic carbocycles. The highest BCUT2D eigenvalue weighted by Crippen LogP contribution is 2.56. The lowest BCUT2D eigenvalue weighted by Crippen LogP contribution is -2.26. The summed E-state index contributed by atoms with van der Waals surface area (Å²) in [6.45, 7) is 9.56. The van der Waals surface area contributed by atoms with Crippen LogP contribution >= 0.6 is 11.6 Å². The van der Waals surface area contributed by atoms with Crippen LogP contribution in [0.3, 0.4) is 0 Å². The molecule has 0 aromatic heterocycles. The number of hydrogen-bond acceptors (Lipinski definition) is 2. The standard InChI is InChI=1S/C10H17ClO2/c1-9(2,3)13-8(12)6-7(11)10(6,4)5/h6-7H,1-5H3/t6-,7+/m0/s1. The molecule has 0 radical (unpaired) electrons. The molecule has 1 rings (SSSR count). The van der Waals surface area contributed by atoms with Crippen LogP contribution < -0.4 is 0 Å².